The third-order valence-corrected chi connectivity index (χ3v) is 3.90. The van der Waals surface area contributed by atoms with Crippen molar-refractivity contribution in [2.24, 2.45) is 10.9 Å². The summed E-state index contributed by atoms with van der Waals surface area (Å²) in [6.45, 7) is 7.85. The molecule has 0 aromatic heterocycles. The minimum atomic E-state index is 0.520. The van der Waals surface area contributed by atoms with Crippen molar-refractivity contribution in [2.75, 3.05) is 26.4 Å². The van der Waals surface area contributed by atoms with E-state index in [0.29, 0.717) is 12.1 Å². The molecule has 0 aromatic rings. The van der Waals surface area contributed by atoms with Gasteiger partial charge in [0, 0.05) is 18.3 Å². The van der Waals surface area contributed by atoms with Crippen LogP contribution in [0.3, 0.4) is 0 Å². The zero-order valence-corrected chi connectivity index (χ0v) is 12.7. The van der Waals surface area contributed by atoms with Crippen molar-refractivity contribution >= 4 is 16.9 Å². The average molecular weight is 257 g/mol. The number of aliphatic imine (C=N–C) groups is 1. The number of nitrogens with zero attached hydrogens (tertiary/aromatic N) is 2. The molecule has 2 atom stereocenters. The molecule has 0 aromatic carbocycles. The van der Waals surface area contributed by atoms with Crippen molar-refractivity contribution in [1.82, 2.24) is 10.2 Å². The lowest BCUT2D eigenvalue weighted by molar-refractivity contribution is 0.329. The molecule has 100 valence electrons. The summed E-state index contributed by atoms with van der Waals surface area (Å²) in [5.41, 5.74) is 0. The quantitative estimate of drug-likeness (QED) is 0.792. The lowest BCUT2D eigenvalue weighted by atomic mass is 10.0. The second-order valence-electron chi connectivity index (χ2n) is 5.54. The molecule has 0 amide bonds. The Labute approximate surface area is 110 Å². The number of amidine groups is 1. The first-order valence-electron chi connectivity index (χ1n) is 6.63. The predicted octanol–water partition coefficient (Wildman–Crippen LogP) is 2.43. The molecule has 0 saturated carbocycles. The van der Waals surface area contributed by atoms with Crippen molar-refractivity contribution in [3.05, 3.63) is 0 Å². The lowest BCUT2D eigenvalue weighted by Gasteiger charge is -2.24. The fourth-order valence-corrected chi connectivity index (χ4v) is 3.20. The van der Waals surface area contributed by atoms with Gasteiger partial charge >= 0.3 is 0 Å². The highest BCUT2D eigenvalue weighted by Crippen LogP contribution is 2.19. The van der Waals surface area contributed by atoms with Crippen LogP contribution < -0.4 is 5.32 Å². The maximum absolute atomic E-state index is 4.71. The van der Waals surface area contributed by atoms with Gasteiger partial charge < -0.3 is 10.2 Å². The van der Waals surface area contributed by atoms with Crippen molar-refractivity contribution in [1.29, 1.82) is 0 Å². The molecule has 1 N–H and O–H groups in total. The minimum Gasteiger partial charge on any atom is -0.361 e. The molecule has 1 heterocycles. The maximum atomic E-state index is 4.71. The highest BCUT2D eigenvalue weighted by molar-refractivity contribution is 8.14. The van der Waals surface area contributed by atoms with Crippen molar-refractivity contribution in [3.8, 4) is 0 Å². The summed E-state index contributed by atoms with van der Waals surface area (Å²) in [5.74, 6) is 1.87. The van der Waals surface area contributed by atoms with Crippen LogP contribution in [0.1, 0.15) is 33.6 Å². The average Bonchev–Trinajstić information content (AvgIpc) is 2.63. The minimum absolute atomic E-state index is 0.520. The van der Waals surface area contributed by atoms with E-state index in [2.05, 4.69) is 45.1 Å². The molecule has 17 heavy (non-hydrogen) atoms. The van der Waals surface area contributed by atoms with E-state index in [9.17, 15) is 0 Å². The second-order valence-corrected chi connectivity index (χ2v) is 6.55. The zero-order chi connectivity index (χ0) is 12.8. The van der Waals surface area contributed by atoms with Gasteiger partial charge in [0.2, 0.25) is 0 Å². The van der Waals surface area contributed by atoms with Gasteiger partial charge in [0.1, 0.15) is 0 Å². The Kier molecular flexibility index (Phi) is 6.34. The smallest absolute Gasteiger partial charge is 0.157 e. The molecule has 1 aliphatic heterocycles. The van der Waals surface area contributed by atoms with Gasteiger partial charge in [-0.05, 0) is 32.9 Å². The number of nitrogens with one attached hydrogen (secondary N) is 1. The van der Waals surface area contributed by atoms with E-state index in [1.807, 2.05) is 11.8 Å². The SMILES string of the molecule is CCC1CSC(NC(CC(C)C)CN(C)C)=N1. The summed E-state index contributed by atoms with van der Waals surface area (Å²) >= 11 is 1.88. The number of hydrogen-bond donors (Lipinski definition) is 1. The van der Waals surface area contributed by atoms with Crippen LogP contribution in [0.15, 0.2) is 4.99 Å². The van der Waals surface area contributed by atoms with Crippen LogP contribution in [0.5, 0.6) is 0 Å². The van der Waals surface area contributed by atoms with E-state index in [0.717, 1.165) is 29.8 Å². The molecule has 0 spiro atoms. The summed E-state index contributed by atoms with van der Waals surface area (Å²) in [5, 5.41) is 4.77. The summed E-state index contributed by atoms with van der Waals surface area (Å²) < 4.78 is 0. The van der Waals surface area contributed by atoms with Crippen molar-refractivity contribution < 1.29 is 0 Å². The first-order chi connectivity index (χ1) is 8.01. The molecule has 2 unspecified atom stereocenters. The van der Waals surface area contributed by atoms with Gasteiger partial charge in [0.15, 0.2) is 5.17 Å². The van der Waals surface area contributed by atoms with Crippen LogP contribution in [0.4, 0.5) is 0 Å². The molecule has 0 saturated heterocycles. The molecule has 0 radical (unpaired) electrons. The van der Waals surface area contributed by atoms with Crippen LogP contribution in [-0.2, 0) is 0 Å². The first-order valence-corrected chi connectivity index (χ1v) is 7.61. The Morgan fingerprint density at radius 2 is 2.18 bits per heavy atom. The van der Waals surface area contributed by atoms with Gasteiger partial charge in [0.05, 0.1) is 6.04 Å². The summed E-state index contributed by atoms with van der Waals surface area (Å²) in [6.07, 6.45) is 2.36. The Balaban J connectivity index is 2.48. The highest BCUT2D eigenvalue weighted by atomic mass is 32.2. The van der Waals surface area contributed by atoms with Gasteiger partial charge in [-0.2, -0.15) is 0 Å². The van der Waals surface area contributed by atoms with Gasteiger partial charge in [-0.3, -0.25) is 4.99 Å². The van der Waals surface area contributed by atoms with Crippen molar-refractivity contribution in [3.63, 3.8) is 0 Å². The molecule has 0 fully saturated rings. The Bertz CT molecular complexity index is 241. The fourth-order valence-electron chi connectivity index (χ4n) is 2.07. The molecular weight excluding hydrogens is 230 g/mol. The highest BCUT2D eigenvalue weighted by Gasteiger charge is 2.20. The van der Waals surface area contributed by atoms with Crippen LogP contribution >= 0.6 is 11.8 Å². The van der Waals surface area contributed by atoms with E-state index in [-0.39, 0.29) is 0 Å². The first kappa shape index (κ1) is 14.8. The van der Waals surface area contributed by atoms with Gasteiger partial charge in [-0.25, -0.2) is 0 Å². The predicted molar refractivity (Wildman–Crippen MR) is 78.9 cm³/mol. The number of likely N-dealkylation sites (N-methyl/N-ethyl adjacent to an activating group) is 1. The van der Waals surface area contributed by atoms with E-state index >= 15 is 0 Å². The Morgan fingerprint density at radius 3 is 2.65 bits per heavy atom. The second kappa shape index (κ2) is 7.27. The maximum Gasteiger partial charge on any atom is 0.157 e. The molecular formula is C13H27N3S. The van der Waals surface area contributed by atoms with E-state index in [1.165, 1.54) is 6.42 Å². The number of rotatable bonds is 6. The number of hydrogen-bond acceptors (Lipinski definition) is 4. The molecule has 3 nitrogen and oxygen atoms in total. The molecule has 1 rings (SSSR count). The fraction of sp³-hybridized carbons (Fsp3) is 0.923. The van der Waals surface area contributed by atoms with Crippen LogP contribution in [0, 0.1) is 5.92 Å². The third kappa shape index (κ3) is 5.77. The normalized spacial score (nSPS) is 22.1. The Morgan fingerprint density at radius 1 is 1.47 bits per heavy atom. The van der Waals surface area contributed by atoms with Gasteiger partial charge in [0.25, 0.3) is 0 Å². The zero-order valence-electron chi connectivity index (χ0n) is 11.9. The largest absolute Gasteiger partial charge is 0.361 e. The summed E-state index contributed by atoms with van der Waals surface area (Å²) in [6, 6.07) is 1.05. The van der Waals surface area contributed by atoms with Crippen LogP contribution in [0.25, 0.3) is 0 Å². The Hall–Kier alpha value is -0.220. The third-order valence-electron chi connectivity index (χ3n) is 2.85. The monoisotopic (exact) mass is 257 g/mol. The standard InChI is InChI=1S/C13H27N3S/c1-6-11-9-17-13(14-11)15-12(7-10(2)3)8-16(4)5/h10-12H,6-9H2,1-5H3,(H,14,15). The lowest BCUT2D eigenvalue weighted by Crippen LogP contribution is -2.41. The summed E-state index contributed by atoms with van der Waals surface area (Å²) in [4.78, 5) is 6.96. The molecule has 1 aliphatic rings. The number of thioether (sulfide) groups is 1. The van der Waals surface area contributed by atoms with E-state index in [4.69, 9.17) is 4.99 Å². The van der Waals surface area contributed by atoms with Crippen molar-refractivity contribution in [2.45, 2.75) is 45.7 Å². The topological polar surface area (TPSA) is 27.6 Å². The van der Waals surface area contributed by atoms with Crippen LogP contribution in [0.2, 0.25) is 0 Å². The van der Waals surface area contributed by atoms with Gasteiger partial charge in [-0.15, -0.1) is 0 Å². The molecule has 0 aliphatic carbocycles. The summed E-state index contributed by atoms with van der Waals surface area (Å²) in [7, 11) is 4.26. The molecule has 4 heteroatoms. The van der Waals surface area contributed by atoms with E-state index < -0.39 is 0 Å². The van der Waals surface area contributed by atoms with E-state index in [1.54, 1.807) is 0 Å². The van der Waals surface area contributed by atoms with Gasteiger partial charge in [-0.1, -0.05) is 32.5 Å². The molecule has 0 bridgehead atoms. The van der Waals surface area contributed by atoms with Crippen LogP contribution in [-0.4, -0.2) is 48.5 Å².